The van der Waals surface area contributed by atoms with E-state index in [-0.39, 0.29) is 27.0 Å². The molecule has 0 radical (unpaired) electrons. The Bertz CT molecular complexity index is 1000. The lowest BCUT2D eigenvalue weighted by atomic mass is 10.0. The summed E-state index contributed by atoms with van der Waals surface area (Å²) in [7, 11) is -4.54. The van der Waals surface area contributed by atoms with Crippen molar-refractivity contribution in [1.29, 1.82) is 0 Å². The van der Waals surface area contributed by atoms with E-state index in [0.29, 0.717) is 6.54 Å². The summed E-state index contributed by atoms with van der Waals surface area (Å²) in [5.41, 5.74) is -0.156. The average Bonchev–Trinajstić information content (AvgIpc) is 2.81. The van der Waals surface area contributed by atoms with Gasteiger partial charge in [-0.1, -0.05) is 115 Å². The van der Waals surface area contributed by atoms with Gasteiger partial charge >= 0.3 is 0 Å². The number of phenols is 1. The third kappa shape index (κ3) is 9.26. The van der Waals surface area contributed by atoms with Gasteiger partial charge in [0.2, 0.25) is 0 Å². The van der Waals surface area contributed by atoms with E-state index in [1.165, 1.54) is 82.8 Å². The summed E-state index contributed by atoms with van der Waals surface area (Å²) in [6, 6.07) is 7.27. The first kappa shape index (κ1) is 28.1. The SMILES string of the molecule is CCCCCCCCCCCCCCCCNC(=O)c1cc(S(=O)(=O)O)c2ccccc2c1O. The number of hydrogen-bond donors (Lipinski definition) is 3. The molecule has 0 saturated carbocycles. The Hall–Kier alpha value is -2.12. The van der Waals surface area contributed by atoms with Crippen LogP contribution in [0.25, 0.3) is 10.8 Å². The number of nitrogens with one attached hydrogen (secondary N) is 1. The maximum atomic E-state index is 12.6. The predicted octanol–water partition coefficient (Wildman–Crippen LogP) is 7.00. The summed E-state index contributed by atoms with van der Waals surface area (Å²) in [6.07, 6.45) is 17.6. The third-order valence-electron chi connectivity index (χ3n) is 6.32. The molecule has 2 aromatic rings. The highest BCUT2D eigenvalue weighted by Gasteiger charge is 2.22. The Labute approximate surface area is 204 Å². The van der Waals surface area contributed by atoms with Crippen LogP contribution in [0.1, 0.15) is 107 Å². The van der Waals surface area contributed by atoms with Crippen molar-refractivity contribution in [3.05, 3.63) is 35.9 Å². The monoisotopic (exact) mass is 491 g/mol. The number of hydrogen-bond acceptors (Lipinski definition) is 4. The molecule has 2 rings (SSSR count). The lowest BCUT2D eigenvalue weighted by Crippen LogP contribution is -2.25. The van der Waals surface area contributed by atoms with Crippen molar-refractivity contribution < 1.29 is 22.9 Å². The fourth-order valence-electron chi connectivity index (χ4n) is 4.33. The fourth-order valence-corrected chi connectivity index (χ4v) is 5.05. The summed E-state index contributed by atoms with van der Waals surface area (Å²) in [4.78, 5) is 12.2. The van der Waals surface area contributed by atoms with Gasteiger partial charge in [-0.2, -0.15) is 8.42 Å². The van der Waals surface area contributed by atoms with Gasteiger partial charge in [0.1, 0.15) is 10.6 Å². The van der Waals surface area contributed by atoms with Crippen molar-refractivity contribution in [1.82, 2.24) is 5.32 Å². The van der Waals surface area contributed by atoms with Gasteiger partial charge in [0.15, 0.2) is 0 Å². The first-order valence-corrected chi connectivity index (χ1v) is 14.3. The van der Waals surface area contributed by atoms with Gasteiger partial charge in [0, 0.05) is 17.3 Å². The minimum atomic E-state index is -4.54. The molecular weight excluding hydrogens is 450 g/mol. The number of unbranched alkanes of at least 4 members (excludes halogenated alkanes) is 13. The van der Waals surface area contributed by atoms with E-state index >= 15 is 0 Å². The molecule has 1 amide bonds. The van der Waals surface area contributed by atoms with E-state index in [9.17, 15) is 22.9 Å². The van der Waals surface area contributed by atoms with Crippen LogP contribution in [0, 0.1) is 0 Å². The van der Waals surface area contributed by atoms with E-state index in [2.05, 4.69) is 12.2 Å². The first-order chi connectivity index (χ1) is 16.4. The van der Waals surface area contributed by atoms with Crippen LogP contribution in [0.5, 0.6) is 5.75 Å². The van der Waals surface area contributed by atoms with Crippen molar-refractivity contribution in [2.24, 2.45) is 0 Å². The van der Waals surface area contributed by atoms with Crippen LogP contribution in [0.3, 0.4) is 0 Å². The second-order valence-electron chi connectivity index (χ2n) is 9.14. The van der Waals surface area contributed by atoms with Crippen molar-refractivity contribution in [3.8, 4) is 5.75 Å². The molecule has 2 aromatic carbocycles. The second kappa shape index (κ2) is 15.0. The summed E-state index contributed by atoms with van der Waals surface area (Å²) in [5, 5.41) is 13.6. The Balaban J connectivity index is 1.65. The predicted molar refractivity (Wildman–Crippen MR) is 138 cm³/mol. The molecule has 0 unspecified atom stereocenters. The number of rotatable bonds is 17. The third-order valence-corrected chi connectivity index (χ3v) is 7.21. The number of amides is 1. The Kier molecular flexibility index (Phi) is 12.4. The minimum Gasteiger partial charge on any atom is -0.506 e. The van der Waals surface area contributed by atoms with Crippen LogP contribution < -0.4 is 5.32 Å². The molecule has 0 heterocycles. The van der Waals surface area contributed by atoms with Gasteiger partial charge in [0.05, 0.1) is 5.56 Å². The van der Waals surface area contributed by atoms with Crippen LogP contribution >= 0.6 is 0 Å². The minimum absolute atomic E-state index is 0.156. The molecule has 0 bridgehead atoms. The highest BCUT2D eigenvalue weighted by molar-refractivity contribution is 7.86. The largest absolute Gasteiger partial charge is 0.506 e. The summed E-state index contributed by atoms with van der Waals surface area (Å²) in [6.45, 7) is 2.70. The molecular formula is C27H41NO5S. The standard InChI is InChI=1S/C27H41NO5S/c1-2-3-4-5-6-7-8-9-10-11-12-13-14-17-20-28-27(30)24-21-25(34(31,32)33)22-18-15-16-19-23(22)26(24)29/h15-16,18-19,21,29H,2-14,17,20H2,1H3,(H,28,30)(H,31,32,33). The fraction of sp³-hybridized carbons (Fsp3) is 0.593. The van der Waals surface area contributed by atoms with Crippen LogP contribution in [-0.2, 0) is 10.1 Å². The molecule has 0 aliphatic heterocycles. The number of fused-ring (bicyclic) bond motifs is 1. The zero-order valence-corrected chi connectivity index (χ0v) is 21.3. The first-order valence-electron chi connectivity index (χ1n) is 12.9. The van der Waals surface area contributed by atoms with Gasteiger partial charge in [-0.15, -0.1) is 0 Å². The molecule has 3 N–H and O–H groups in total. The van der Waals surface area contributed by atoms with E-state index < -0.39 is 16.0 Å². The maximum absolute atomic E-state index is 12.6. The van der Waals surface area contributed by atoms with E-state index in [0.717, 1.165) is 25.3 Å². The Morgan fingerprint density at radius 2 is 1.26 bits per heavy atom. The molecule has 0 saturated heterocycles. The molecule has 0 spiro atoms. The topological polar surface area (TPSA) is 104 Å². The van der Waals surface area contributed by atoms with Gasteiger partial charge < -0.3 is 10.4 Å². The smallest absolute Gasteiger partial charge is 0.295 e. The number of aromatic hydroxyl groups is 1. The normalized spacial score (nSPS) is 11.7. The quantitative estimate of drug-likeness (QED) is 0.163. The zero-order valence-electron chi connectivity index (χ0n) is 20.5. The lowest BCUT2D eigenvalue weighted by molar-refractivity contribution is 0.0950. The zero-order chi connectivity index (χ0) is 24.8. The highest BCUT2D eigenvalue weighted by atomic mass is 32.2. The van der Waals surface area contributed by atoms with Crippen LogP contribution in [0.4, 0.5) is 0 Å². The maximum Gasteiger partial charge on any atom is 0.295 e. The second-order valence-corrected chi connectivity index (χ2v) is 10.5. The molecule has 0 atom stereocenters. The van der Waals surface area contributed by atoms with Crippen molar-refractivity contribution >= 4 is 26.8 Å². The van der Waals surface area contributed by atoms with E-state index in [1.807, 2.05) is 0 Å². The number of carbonyl (C=O) groups is 1. The molecule has 7 heteroatoms. The van der Waals surface area contributed by atoms with Gasteiger partial charge in [-0.3, -0.25) is 9.35 Å². The molecule has 6 nitrogen and oxygen atoms in total. The number of phenolic OH excluding ortho intramolecular Hbond substituents is 1. The Morgan fingerprint density at radius 3 is 1.76 bits per heavy atom. The van der Waals surface area contributed by atoms with Crippen molar-refractivity contribution in [2.45, 2.75) is 102 Å². The molecule has 0 aliphatic carbocycles. The number of benzene rings is 2. The van der Waals surface area contributed by atoms with Gasteiger partial charge in [-0.05, 0) is 12.5 Å². The molecule has 34 heavy (non-hydrogen) atoms. The molecule has 0 aromatic heterocycles. The molecule has 0 fully saturated rings. The number of carbonyl (C=O) groups excluding carboxylic acids is 1. The summed E-state index contributed by atoms with van der Waals surface area (Å²) < 4.78 is 33.1. The van der Waals surface area contributed by atoms with Gasteiger partial charge in [-0.25, -0.2) is 0 Å². The van der Waals surface area contributed by atoms with Gasteiger partial charge in [0.25, 0.3) is 16.0 Å². The summed E-state index contributed by atoms with van der Waals surface area (Å²) in [5.74, 6) is -0.843. The van der Waals surface area contributed by atoms with E-state index in [1.54, 1.807) is 12.1 Å². The van der Waals surface area contributed by atoms with Crippen molar-refractivity contribution in [3.63, 3.8) is 0 Å². The summed E-state index contributed by atoms with van der Waals surface area (Å²) >= 11 is 0. The van der Waals surface area contributed by atoms with Crippen molar-refractivity contribution in [2.75, 3.05) is 6.54 Å². The highest BCUT2D eigenvalue weighted by Crippen LogP contribution is 2.33. The molecule has 190 valence electrons. The average molecular weight is 492 g/mol. The van der Waals surface area contributed by atoms with Crippen LogP contribution in [0.2, 0.25) is 0 Å². The van der Waals surface area contributed by atoms with Crippen LogP contribution in [-0.4, -0.2) is 30.5 Å². The molecule has 0 aliphatic rings. The lowest BCUT2D eigenvalue weighted by Gasteiger charge is -2.12. The van der Waals surface area contributed by atoms with E-state index in [4.69, 9.17) is 0 Å². The van der Waals surface area contributed by atoms with Crippen LogP contribution in [0.15, 0.2) is 35.2 Å². The Morgan fingerprint density at radius 1 is 0.794 bits per heavy atom.